The molecule has 0 aliphatic carbocycles. The van der Waals surface area contributed by atoms with Gasteiger partial charge >= 0.3 is 12.1 Å². The Labute approximate surface area is 140 Å². The molecule has 1 amide bonds. The lowest BCUT2D eigenvalue weighted by Gasteiger charge is -2.14. The van der Waals surface area contributed by atoms with E-state index in [1.165, 1.54) is 4.68 Å². The van der Waals surface area contributed by atoms with Gasteiger partial charge in [-0.2, -0.15) is 0 Å². The molecule has 2 aromatic rings. The van der Waals surface area contributed by atoms with E-state index in [0.29, 0.717) is 10.3 Å². The van der Waals surface area contributed by atoms with Gasteiger partial charge in [0.25, 0.3) is 0 Å². The average molecular weight is 383 g/mol. The Morgan fingerprint density at radius 3 is 2.65 bits per heavy atom. The van der Waals surface area contributed by atoms with Gasteiger partial charge in [0.1, 0.15) is 12.6 Å². The second kappa shape index (κ2) is 7.73. The first-order chi connectivity index (χ1) is 11.0. The topological polar surface area (TPSA) is 106 Å². The van der Waals surface area contributed by atoms with Crippen LogP contribution in [0, 0.1) is 0 Å². The number of hydrogen-bond acceptors (Lipinski definition) is 5. The molecule has 8 nitrogen and oxygen atoms in total. The maximum atomic E-state index is 11.8. The van der Waals surface area contributed by atoms with Crippen molar-refractivity contribution in [3.63, 3.8) is 0 Å². The van der Waals surface area contributed by atoms with Crippen molar-refractivity contribution in [1.29, 1.82) is 0 Å². The van der Waals surface area contributed by atoms with Crippen molar-refractivity contribution in [3.05, 3.63) is 46.2 Å². The third-order valence-corrected chi connectivity index (χ3v) is 3.71. The molecule has 0 radical (unpaired) electrons. The minimum absolute atomic E-state index is 0.0276. The third kappa shape index (κ3) is 4.78. The molecule has 1 aromatic carbocycles. The number of nitrogens with zero attached hydrogens (tertiary/aromatic N) is 3. The van der Waals surface area contributed by atoms with Gasteiger partial charge in [-0.25, -0.2) is 9.59 Å². The summed E-state index contributed by atoms with van der Waals surface area (Å²) in [6.07, 6.45) is -0.771. The number of carboxylic acid groups (broad SMARTS) is 1. The minimum atomic E-state index is -1.17. The van der Waals surface area contributed by atoms with E-state index < -0.39 is 18.1 Å². The molecule has 1 aromatic heterocycles. The van der Waals surface area contributed by atoms with Crippen LogP contribution in [0.2, 0.25) is 0 Å². The summed E-state index contributed by atoms with van der Waals surface area (Å²) in [6.45, 7) is 0.0654. The van der Waals surface area contributed by atoms with Crippen LogP contribution >= 0.6 is 15.9 Å². The van der Waals surface area contributed by atoms with Crippen molar-refractivity contribution in [2.75, 3.05) is 0 Å². The maximum absolute atomic E-state index is 11.8. The molecular formula is C14H15BrN4O4. The van der Waals surface area contributed by atoms with E-state index >= 15 is 0 Å². The summed E-state index contributed by atoms with van der Waals surface area (Å²) in [4.78, 5) is 23.1. The molecule has 2 rings (SSSR count). The summed E-state index contributed by atoms with van der Waals surface area (Å²) < 4.78 is 6.90. The van der Waals surface area contributed by atoms with Crippen molar-refractivity contribution in [2.45, 2.75) is 19.1 Å². The highest BCUT2D eigenvalue weighted by atomic mass is 79.9. The first-order valence-electron chi connectivity index (χ1n) is 6.71. The highest BCUT2D eigenvalue weighted by Crippen LogP contribution is 2.14. The standard InChI is InChI=1S/C14H15BrN4O4/c1-19-11(12(15)17-18-19)7-10(13(20)21)16-14(22)23-8-9-5-3-2-4-6-9/h2-6,10H,7-8H2,1H3,(H,16,22)(H,20,21). The van der Waals surface area contributed by atoms with Gasteiger partial charge in [-0.05, 0) is 21.5 Å². The number of carbonyl (C=O) groups is 2. The number of ether oxygens (including phenoxy) is 1. The Morgan fingerprint density at radius 2 is 2.09 bits per heavy atom. The molecule has 0 fully saturated rings. The second-order valence-electron chi connectivity index (χ2n) is 4.75. The summed E-state index contributed by atoms with van der Waals surface area (Å²) >= 11 is 3.19. The van der Waals surface area contributed by atoms with Crippen molar-refractivity contribution in [2.24, 2.45) is 7.05 Å². The predicted molar refractivity (Wildman–Crippen MR) is 83.6 cm³/mol. The molecule has 1 unspecified atom stereocenters. The summed E-state index contributed by atoms with van der Waals surface area (Å²) in [7, 11) is 1.64. The van der Waals surface area contributed by atoms with Crippen LogP contribution in [0.3, 0.4) is 0 Å². The number of hydrogen-bond donors (Lipinski definition) is 2. The molecular weight excluding hydrogens is 368 g/mol. The van der Waals surface area contributed by atoms with Crippen molar-refractivity contribution in [1.82, 2.24) is 20.3 Å². The largest absolute Gasteiger partial charge is 0.480 e. The van der Waals surface area contributed by atoms with Crippen molar-refractivity contribution in [3.8, 4) is 0 Å². The van der Waals surface area contributed by atoms with Crippen LogP contribution in [-0.4, -0.2) is 38.2 Å². The summed E-state index contributed by atoms with van der Waals surface area (Å²) in [5.41, 5.74) is 1.37. The number of carbonyl (C=O) groups excluding carboxylic acids is 1. The van der Waals surface area contributed by atoms with Gasteiger partial charge in [0.2, 0.25) is 0 Å². The maximum Gasteiger partial charge on any atom is 0.408 e. The van der Waals surface area contributed by atoms with E-state index in [0.717, 1.165) is 5.56 Å². The van der Waals surface area contributed by atoms with Crippen LogP contribution in [0.25, 0.3) is 0 Å². The number of aromatic nitrogens is 3. The molecule has 0 saturated carbocycles. The van der Waals surface area contributed by atoms with E-state index in [2.05, 4.69) is 31.6 Å². The summed E-state index contributed by atoms with van der Waals surface area (Å²) in [5, 5.41) is 19.1. The van der Waals surface area contributed by atoms with Crippen molar-refractivity contribution < 1.29 is 19.4 Å². The third-order valence-electron chi connectivity index (χ3n) is 3.10. The van der Waals surface area contributed by atoms with Gasteiger partial charge in [0.15, 0.2) is 4.60 Å². The molecule has 1 atom stereocenters. The zero-order valence-corrected chi connectivity index (χ0v) is 13.9. The Bertz CT molecular complexity index is 670. The van der Waals surface area contributed by atoms with Gasteiger partial charge in [0.05, 0.1) is 5.69 Å². The normalized spacial score (nSPS) is 11.7. The smallest absolute Gasteiger partial charge is 0.408 e. The number of aryl methyl sites for hydroxylation is 1. The van der Waals surface area contributed by atoms with Crippen LogP contribution in [0.1, 0.15) is 11.3 Å². The Kier molecular flexibility index (Phi) is 5.69. The van der Waals surface area contributed by atoms with E-state index in [-0.39, 0.29) is 13.0 Å². The van der Waals surface area contributed by atoms with E-state index in [9.17, 15) is 14.7 Å². The monoisotopic (exact) mass is 382 g/mol. The highest BCUT2D eigenvalue weighted by molar-refractivity contribution is 9.10. The van der Waals surface area contributed by atoms with Gasteiger partial charge < -0.3 is 15.2 Å². The Balaban J connectivity index is 1.94. The molecule has 0 spiro atoms. The number of amides is 1. The Morgan fingerprint density at radius 1 is 1.39 bits per heavy atom. The number of benzene rings is 1. The van der Waals surface area contributed by atoms with E-state index in [4.69, 9.17) is 4.74 Å². The predicted octanol–water partition coefficient (Wildman–Crippen LogP) is 1.50. The summed E-state index contributed by atoms with van der Waals surface area (Å²) in [6, 6.07) is 7.96. The highest BCUT2D eigenvalue weighted by Gasteiger charge is 2.24. The van der Waals surface area contributed by atoms with Gasteiger partial charge in [-0.3, -0.25) is 4.68 Å². The lowest BCUT2D eigenvalue weighted by atomic mass is 10.1. The number of halogens is 1. The molecule has 2 N–H and O–H groups in total. The number of rotatable bonds is 6. The molecule has 0 aliphatic heterocycles. The Hall–Kier alpha value is -2.42. The molecule has 1 heterocycles. The van der Waals surface area contributed by atoms with Crippen LogP contribution in [0.15, 0.2) is 34.9 Å². The number of alkyl carbamates (subject to hydrolysis) is 1. The molecule has 122 valence electrons. The fraction of sp³-hybridized carbons (Fsp3) is 0.286. The van der Waals surface area contributed by atoms with E-state index in [1.807, 2.05) is 18.2 Å². The lowest BCUT2D eigenvalue weighted by Crippen LogP contribution is -2.43. The fourth-order valence-corrected chi connectivity index (χ4v) is 2.36. The molecule has 23 heavy (non-hydrogen) atoms. The molecule has 0 aliphatic rings. The van der Waals surface area contributed by atoms with Gasteiger partial charge in [-0.15, -0.1) is 5.10 Å². The van der Waals surface area contributed by atoms with Crippen LogP contribution in [0.4, 0.5) is 4.79 Å². The zero-order valence-electron chi connectivity index (χ0n) is 12.3. The molecule has 0 bridgehead atoms. The van der Waals surface area contributed by atoms with Gasteiger partial charge in [-0.1, -0.05) is 35.5 Å². The SMILES string of the molecule is Cn1nnc(Br)c1CC(NC(=O)OCc1ccccc1)C(=O)O. The quantitative estimate of drug-likeness (QED) is 0.783. The fourth-order valence-electron chi connectivity index (χ4n) is 1.87. The number of nitrogens with one attached hydrogen (secondary N) is 1. The number of carboxylic acids is 1. The number of aliphatic carboxylic acids is 1. The van der Waals surface area contributed by atoms with Crippen LogP contribution in [0.5, 0.6) is 0 Å². The lowest BCUT2D eigenvalue weighted by molar-refractivity contribution is -0.139. The molecule has 9 heteroatoms. The second-order valence-corrected chi connectivity index (χ2v) is 5.50. The first kappa shape index (κ1) is 16.9. The van der Waals surface area contributed by atoms with E-state index in [1.54, 1.807) is 19.2 Å². The first-order valence-corrected chi connectivity index (χ1v) is 7.50. The van der Waals surface area contributed by atoms with Crippen molar-refractivity contribution >= 4 is 28.0 Å². The van der Waals surface area contributed by atoms with Gasteiger partial charge in [0, 0.05) is 13.5 Å². The summed E-state index contributed by atoms with van der Waals surface area (Å²) in [5.74, 6) is -1.17. The van der Waals surface area contributed by atoms with Crippen LogP contribution in [-0.2, 0) is 29.6 Å². The zero-order chi connectivity index (χ0) is 16.8. The minimum Gasteiger partial charge on any atom is -0.480 e. The average Bonchev–Trinajstić information content (AvgIpc) is 2.85. The molecule has 0 saturated heterocycles. The van der Waals surface area contributed by atoms with Crippen LogP contribution < -0.4 is 5.32 Å².